The molecular formula is C33H31BF2N4O6S. The van der Waals surface area contributed by atoms with Crippen molar-refractivity contribution in [2.45, 2.75) is 38.5 Å². The molecule has 47 heavy (non-hydrogen) atoms. The second-order valence-corrected chi connectivity index (χ2v) is 11.6. The molecule has 3 aromatic rings. The summed E-state index contributed by atoms with van der Waals surface area (Å²) in [4.78, 5) is 57.0. The highest BCUT2D eigenvalue weighted by molar-refractivity contribution is 7.13. The fraction of sp³-hybridized carbons (Fsp3) is 0.242. The Morgan fingerprint density at radius 2 is 1.77 bits per heavy atom. The third kappa shape index (κ3) is 9.22. The highest BCUT2D eigenvalue weighted by atomic mass is 32.1. The van der Waals surface area contributed by atoms with Crippen molar-refractivity contribution in [3.63, 3.8) is 0 Å². The number of hydrogen-bond acceptors (Lipinski definition) is 8. The molecule has 1 saturated heterocycles. The summed E-state index contributed by atoms with van der Waals surface area (Å²) in [5.41, 5.74) is 2.96. The lowest BCUT2D eigenvalue weighted by Gasteiger charge is -2.12. The lowest BCUT2D eigenvalue weighted by Crippen LogP contribution is -2.32. The van der Waals surface area contributed by atoms with Gasteiger partial charge in [0.1, 0.15) is 5.75 Å². The van der Waals surface area contributed by atoms with Crippen LogP contribution in [0, 0.1) is 0 Å². The van der Waals surface area contributed by atoms with Crippen LogP contribution in [0.3, 0.4) is 0 Å². The maximum Gasteiger partial charge on any atom is 0.678 e. The van der Waals surface area contributed by atoms with Gasteiger partial charge < -0.3 is 19.4 Å². The fourth-order valence-electron chi connectivity index (χ4n) is 4.80. The highest BCUT2D eigenvalue weighted by Crippen LogP contribution is 2.29. The normalized spacial score (nSPS) is 15.1. The molecule has 5 rings (SSSR count). The Morgan fingerprint density at radius 1 is 0.979 bits per heavy atom. The van der Waals surface area contributed by atoms with Crippen molar-refractivity contribution >= 4 is 60.3 Å². The van der Waals surface area contributed by atoms with Crippen molar-refractivity contribution in [3.05, 3.63) is 89.1 Å². The smallest absolute Gasteiger partial charge is 0.484 e. The van der Waals surface area contributed by atoms with E-state index in [1.807, 2.05) is 47.9 Å². The summed E-state index contributed by atoms with van der Waals surface area (Å²) >= 11 is 1.41. The first-order chi connectivity index (χ1) is 22.8. The number of ether oxygens (including phenoxy) is 1. The number of imide groups is 1. The van der Waals surface area contributed by atoms with Crippen molar-refractivity contribution in [1.82, 2.24) is 14.9 Å². The van der Waals surface area contributed by atoms with Gasteiger partial charge >= 0.3 is 13.4 Å². The number of nitrogens with zero attached hydrogens (tertiary/aromatic N) is 3. The van der Waals surface area contributed by atoms with Gasteiger partial charge in [-0.1, -0.05) is 30.7 Å². The number of thiophene rings is 1. The van der Waals surface area contributed by atoms with Gasteiger partial charge in [-0.25, -0.2) is 9.79 Å². The summed E-state index contributed by atoms with van der Waals surface area (Å²) in [7, 11) is -2.68. The number of rotatable bonds is 15. The zero-order chi connectivity index (χ0) is 33.2. The number of carbonyl (C=O) groups excluding carboxylic acids is 4. The van der Waals surface area contributed by atoms with Crippen molar-refractivity contribution in [3.8, 4) is 16.3 Å². The van der Waals surface area contributed by atoms with Crippen LogP contribution in [0.1, 0.15) is 49.8 Å². The largest absolute Gasteiger partial charge is 0.678 e. The van der Waals surface area contributed by atoms with Crippen LogP contribution in [0.5, 0.6) is 5.75 Å². The Balaban J connectivity index is 1.00. The second kappa shape index (κ2) is 15.9. The molecule has 242 valence electrons. The SMILES string of the molecule is O=C(COc1ccc(/C=C\C2=NC(=C\c3ccc(-c4cccs4)n3B(F)F)/C=C2)cc1)NCCCCCC(=O)ON1C(=O)CCC1=O. The average molecular weight is 661 g/mol. The number of aromatic nitrogens is 1. The number of halogens is 2. The van der Waals surface area contributed by atoms with E-state index in [1.165, 1.54) is 11.3 Å². The van der Waals surface area contributed by atoms with E-state index in [-0.39, 0.29) is 31.8 Å². The van der Waals surface area contributed by atoms with Crippen LogP contribution in [-0.2, 0) is 24.0 Å². The molecule has 0 saturated carbocycles. The molecule has 0 spiro atoms. The van der Waals surface area contributed by atoms with E-state index in [4.69, 9.17) is 9.57 Å². The molecule has 0 unspecified atom stereocenters. The van der Waals surface area contributed by atoms with Crippen LogP contribution in [0.4, 0.5) is 8.63 Å². The first kappa shape index (κ1) is 33.3. The number of aliphatic imine (C=N–C) groups is 1. The van der Waals surface area contributed by atoms with Crippen LogP contribution in [-0.4, -0.2) is 59.5 Å². The highest BCUT2D eigenvalue weighted by Gasteiger charge is 2.32. The minimum absolute atomic E-state index is 0.0536. The third-order valence-electron chi connectivity index (χ3n) is 7.17. The topological polar surface area (TPSA) is 119 Å². The number of hydrogen-bond donors (Lipinski definition) is 1. The van der Waals surface area contributed by atoms with E-state index in [1.54, 1.807) is 36.4 Å². The zero-order valence-corrected chi connectivity index (χ0v) is 26.1. The summed E-state index contributed by atoms with van der Waals surface area (Å²) in [5.74, 6) is -1.41. The maximum absolute atomic E-state index is 13.9. The van der Waals surface area contributed by atoms with E-state index in [9.17, 15) is 27.8 Å². The molecule has 10 nitrogen and oxygen atoms in total. The van der Waals surface area contributed by atoms with Crippen molar-refractivity contribution in [2.24, 2.45) is 4.99 Å². The number of hydroxylamine groups is 2. The zero-order valence-electron chi connectivity index (χ0n) is 25.3. The molecule has 14 heteroatoms. The van der Waals surface area contributed by atoms with Gasteiger partial charge in [0.25, 0.3) is 17.7 Å². The van der Waals surface area contributed by atoms with Gasteiger partial charge in [-0.05, 0) is 78.4 Å². The fourth-order valence-corrected chi connectivity index (χ4v) is 5.55. The minimum atomic E-state index is -2.68. The van der Waals surface area contributed by atoms with Gasteiger partial charge in [-0.15, -0.1) is 16.4 Å². The summed E-state index contributed by atoms with van der Waals surface area (Å²) in [6.07, 6.45) is 10.9. The van der Waals surface area contributed by atoms with Crippen LogP contribution < -0.4 is 10.1 Å². The Hall–Kier alpha value is -5.11. The molecule has 0 radical (unpaired) electrons. The van der Waals surface area contributed by atoms with E-state index in [0.29, 0.717) is 59.4 Å². The number of benzene rings is 1. The van der Waals surface area contributed by atoms with Crippen LogP contribution in [0.2, 0.25) is 0 Å². The lowest BCUT2D eigenvalue weighted by atomic mass is 10.2. The monoisotopic (exact) mass is 660 g/mol. The molecule has 1 aromatic carbocycles. The standard InChI is InChI=1S/C33H31BF2N4O6S/c35-34(36)39-26(13-16-28(39)29-5-4-20-47-29)21-25-12-11-24(38-25)10-7-23-8-14-27(15-9-23)45-22-30(41)37-19-3-1-2-6-33(44)46-40-31(42)17-18-32(40)43/h4-5,7-16,20-21H,1-3,6,17-19,22H2,(H,37,41)/b10-7-,25-21-. The summed E-state index contributed by atoms with van der Waals surface area (Å²) in [6.45, 7) is 0.258. The van der Waals surface area contributed by atoms with Crippen molar-refractivity contribution < 1.29 is 37.4 Å². The van der Waals surface area contributed by atoms with E-state index < -0.39 is 25.2 Å². The third-order valence-corrected chi connectivity index (χ3v) is 8.06. The van der Waals surface area contributed by atoms with E-state index >= 15 is 0 Å². The number of unbranched alkanes of at least 4 members (excludes halogenated alkanes) is 2. The molecule has 3 amide bonds. The summed E-state index contributed by atoms with van der Waals surface area (Å²) < 4.78 is 34.3. The minimum Gasteiger partial charge on any atom is -0.484 e. The average Bonchev–Trinajstić information content (AvgIpc) is 3.88. The van der Waals surface area contributed by atoms with Gasteiger partial charge in [-0.3, -0.25) is 23.0 Å². The molecule has 2 aromatic heterocycles. The lowest BCUT2D eigenvalue weighted by molar-refractivity contribution is -0.197. The number of amides is 3. The van der Waals surface area contributed by atoms with Gasteiger partial charge in [0.05, 0.1) is 17.1 Å². The van der Waals surface area contributed by atoms with E-state index in [2.05, 4.69) is 10.3 Å². The van der Waals surface area contributed by atoms with Gasteiger partial charge in [0.15, 0.2) is 6.61 Å². The number of nitrogens with one attached hydrogen (secondary N) is 1. The Labute approximate surface area is 274 Å². The molecule has 4 heterocycles. The van der Waals surface area contributed by atoms with Gasteiger partial charge in [0, 0.05) is 36.4 Å². The number of allylic oxidation sites excluding steroid dienone is 3. The molecular weight excluding hydrogens is 629 g/mol. The quantitative estimate of drug-likeness (QED) is 0.127. The van der Waals surface area contributed by atoms with Crippen LogP contribution >= 0.6 is 11.3 Å². The molecule has 0 aliphatic carbocycles. The van der Waals surface area contributed by atoms with Crippen molar-refractivity contribution in [2.75, 3.05) is 13.2 Å². The van der Waals surface area contributed by atoms with E-state index in [0.717, 1.165) is 14.9 Å². The van der Waals surface area contributed by atoms with Gasteiger partial charge in [0.2, 0.25) is 0 Å². The Bertz CT molecular complexity index is 1720. The van der Waals surface area contributed by atoms with Gasteiger partial charge in [-0.2, -0.15) is 0 Å². The molecule has 0 bridgehead atoms. The van der Waals surface area contributed by atoms with Crippen molar-refractivity contribution in [1.29, 1.82) is 0 Å². The van der Waals surface area contributed by atoms with Crippen LogP contribution in [0.15, 0.2) is 82.8 Å². The molecule has 2 aliphatic rings. The molecule has 1 N–H and O–H groups in total. The molecule has 0 atom stereocenters. The number of carbonyl (C=O) groups is 4. The summed E-state index contributed by atoms with van der Waals surface area (Å²) in [5, 5.41) is 5.15. The Morgan fingerprint density at radius 3 is 2.49 bits per heavy atom. The van der Waals surface area contributed by atoms with Crippen LogP contribution in [0.25, 0.3) is 22.7 Å². The first-order valence-corrected chi connectivity index (χ1v) is 15.9. The second-order valence-electron chi connectivity index (χ2n) is 10.6. The Kier molecular flexibility index (Phi) is 11.3. The first-order valence-electron chi connectivity index (χ1n) is 15.0. The summed E-state index contributed by atoms with van der Waals surface area (Å²) in [6, 6.07) is 14.2. The molecule has 1 fully saturated rings. The predicted molar refractivity (Wildman–Crippen MR) is 175 cm³/mol. The predicted octanol–water partition coefficient (Wildman–Crippen LogP) is 5.72. The molecule has 2 aliphatic heterocycles. The maximum atomic E-state index is 13.9.